The lowest BCUT2D eigenvalue weighted by molar-refractivity contribution is -0.114. The van der Waals surface area contributed by atoms with Gasteiger partial charge in [0.25, 0.3) is 5.91 Å². The minimum atomic E-state index is -0.738. The number of anilines is 2. The lowest BCUT2D eigenvalue weighted by Gasteiger charge is -2.28. The molecule has 9 nitrogen and oxygen atoms in total. The summed E-state index contributed by atoms with van der Waals surface area (Å²) in [5.41, 5.74) is 1.79. The van der Waals surface area contributed by atoms with Crippen molar-refractivity contribution in [2.24, 2.45) is 0 Å². The Labute approximate surface area is 216 Å². The predicted octanol–water partition coefficient (Wildman–Crippen LogP) is 4.84. The zero-order chi connectivity index (χ0) is 25.5. The number of hydrogen-bond acceptors (Lipinski definition) is 9. The van der Waals surface area contributed by atoms with E-state index in [-0.39, 0.29) is 17.6 Å². The number of hydrogen-bond donors (Lipinski definition) is 3. The molecular weight excluding hydrogens is 498 g/mol. The van der Waals surface area contributed by atoms with Crippen molar-refractivity contribution in [2.75, 3.05) is 23.0 Å². The Bertz CT molecular complexity index is 1320. The van der Waals surface area contributed by atoms with Crippen LogP contribution in [-0.4, -0.2) is 29.2 Å². The van der Waals surface area contributed by atoms with Gasteiger partial charge in [-0.05, 0) is 50.2 Å². The molecule has 0 aliphatic carbocycles. The Kier molecular flexibility index (Phi) is 8.10. The average molecular weight is 522 g/mol. The molecule has 4 rings (SSSR count). The third-order valence-corrected chi connectivity index (χ3v) is 6.87. The van der Waals surface area contributed by atoms with Crippen LogP contribution in [0.15, 0.2) is 80.5 Å². The number of amides is 2. The molecule has 0 fully saturated rings. The molecule has 0 saturated carbocycles. The second-order valence-corrected chi connectivity index (χ2v) is 9.43. The van der Waals surface area contributed by atoms with Crippen LogP contribution >= 0.6 is 23.1 Å². The van der Waals surface area contributed by atoms with Crippen LogP contribution in [0.1, 0.15) is 25.5 Å². The van der Waals surface area contributed by atoms with E-state index >= 15 is 0 Å². The molecule has 1 aliphatic rings. The van der Waals surface area contributed by atoms with Gasteiger partial charge in [-0.3, -0.25) is 9.59 Å². The summed E-state index contributed by atoms with van der Waals surface area (Å²) in [4.78, 5) is 29.8. The molecule has 1 aliphatic heterocycles. The van der Waals surface area contributed by atoms with E-state index in [4.69, 9.17) is 9.15 Å². The number of ether oxygens (including phenoxy) is 1. The van der Waals surface area contributed by atoms with Gasteiger partial charge >= 0.3 is 0 Å². The Morgan fingerprint density at radius 2 is 2.08 bits per heavy atom. The molecule has 0 radical (unpaired) electrons. The van der Waals surface area contributed by atoms with Crippen LogP contribution in [0, 0.1) is 11.3 Å². The average Bonchev–Trinajstić information content (AvgIpc) is 3.58. The van der Waals surface area contributed by atoms with E-state index in [1.165, 1.54) is 29.4 Å². The van der Waals surface area contributed by atoms with E-state index in [9.17, 15) is 14.9 Å². The monoisotopic (exact) mass is 521 g/mol. The van der Waals surface area contributed by atoms with Gasteiger partial charge < -0.3 is 25.1 Å². The van der Waals surface area contributed by atoms with E-state index in [0.717, 1.165) is 0 Å². The zero-order valence-electron chi connectivity index (χ0n) is 19.5. The fourth-order valence-electron chi connectivity index (χ4n) is 3.65. The van der Waals surface area contributed by atoms with E-state index in [1.54, 1.807) is 54.9 Å². The van der Waals surface area contributed by atoms with Crippen molar-refractivity contribution in [2.45, 2.75) is 19.8 Å². The number of carbonyl (C=O) groups is 2. The second kappa shape index (κ2) is 11.6. The Hall–Kier alpha value is -4.01. The highest BCUT2D eigenvalue weighted by molar-refractivity contribution is 8.03. The fraction of sp³-hybridized carbons (Fsp3) is 0.200. The zero-order valence-corrected chi connectivity index (χ0v) is 21.2. The number of thioether (sulfide) groups is 1. The molecule has 2 amide bonds. The number of allylic oxidation sites excluding steroid dienone is 2. The van der Waals surface area contributed by atoms with Crippen molar-refractivity contribution >= 4 is 45.7 Å². The van der Waals surface area contributed by atoms with Crippen molar-refractivity contribution < 1.29 is 18.7 Å². The second-order valence-electron chi connectivity index (χ2n) is 7.55. The molecule has 1 atom stereocenters. The Balaban J connectivity index is 1.57. The number of rotatable bonds is 9. The normalized spacial score (nSPS) is 15.2. The first-order chi connectivity index (χ1) is 17.5. The molecule has 0 spiro atoms. The van der Waals surface area contributed by atoms with Crippen LogP contribution in [0.3, 0.4) is 0 Å². The van der Waals surface area contributed by atoms with Crippen LogP contribution in [-0.2, 0) is 9.59 Å². The molecule has 3 aromatic rings. The van der Waals surface area contributed by atoms with Crippen molar-refractivity contribution in [3.8, 4) is 11.8 Å². The number of benzene rings is 1. The van der Waals surface area contributed by atoms with Gasteiger partial charge in [-0.15, -0.1) is 11.3 Å². The van der Waals surface area contributed by atoms with Crippen molar-refractivity contribution in [3.63, 3.8) is 0 Å². The van der Waals surface area contributed by atoms with E-state index in [1.807, 2.05) is 6.92 Å². The number of nitrogens with one attached hydrogen (secondary N) is 3. The minimum Gasteiger partial charge on any atom is -0.494 e. The largest absolute Gasteiger partial charge is 0.494 e. The topological polar surface area (TPSA) is 129 Å². The molecule has 0 saturated heterocycles. The van der Waals surface area contributed by atoms with Crippen LogP contribution in [0.4, 0.5) is 10.8 Å². The first-order valence-corrected chi connectivity index (χ1v) is 12.9. The van der Waals surface area contributed by atoms with Crippen LogP contribution in [0.5, 0.6) is 5.75 Å². The molecular formula is C25H23N5O4S2. The van der Waals surface area contributed by atoms with Gasteiger partial charge in [0.2, 0.25) is 5.91 Å². The highest BCUT2D eigenvalue weighted by Gasteiger charge is 2.36. The smallest absolute Gasteiger partial charge is 0.254 e. The summed E-state index contributed by atoms with van der Waals surface area (Å²) < 4.78 is 11.1. The SMILES string of the molecule is CCOc1ccc(NC(=O)C2=C(C)NC(SCC(=O)Nc3nccs3)=C(C#N)[C@@H]2c2ccco2)cc1. The van der Waals surface area contributed by atoms with E-state index in [2.05, 4.69) is 27.0 Å². The molecule has 3 heterocycles. The van der Waals surface area contributed by atoms with Crippen molar-refractivity contribution in [1.29, 1.82) is 5.26 Å². The number of furan rings is 1. The van der Waals surface area contributed by atoms with E-state index in [0.29, 0.717) is 50.8 Å². The maximum atomic E-state index is 13.4. The van der Waals surface area contributed by atoms with Gasteiger partial charge in [0.15, 0.2) is 5.13 Å². The first-order valence-electron chi connectivity index (χ1n) is 11.0. The molecule has 11 heteroatoms. The van der Waals surface area contributed by atoms with Crippen molar-refractivity contribution in [3.05, 3.63) is 81.9 Å². The van der Waals surface area contributed by atoms with Crippen LogP contribution in [0.25, 0.3) is 0 Å². The summed E-state index contributed by atoms with van der Waals surface area (Å²) in [6.45, 7) is 4.20. The summed E-state index contributed by atoms with van der Waals surface area (Å²) in [6, 6.07) is 12.7. The van der Waals surface area contributed by atoms with Gasteiger partial charge in [-0.2, -0.15) is 5.26 Å². The third kappa shape index (κ3) is 5.79. The lowest BCUT2D eigenvalue weighted by atomic mass is 9.85. The predicted molar refractivity (Wildman–Crippen MR) is 139 cm³/mol. The quantitative estimate of drug-likeness (QED) is 0.365. The maximum Gasteiger partial charge on any atom is 0.254 e. The number of nitrogens with zero attached hydrogens (tertiary/aromatic N) is 2. The van der Waals surface area contributed by atoms with Gasteiger partial charge in [-0.25, -0.2) is 4.98 Å². The van der Waals surface area contributed by atoms with E-state index < -0.39 is 5.92 Å². The molecule has 36 heavy (non-hydrogen) atoms. The summed E-state index contributed by atoms with van der Waals surface area (Å²) in [5, 5.41) is 21.6. The van der Waals surface area contributed by atoms with Crippen molar-refractivity contribution in [1.82, 2.24) is 10.3 Å². The number of thiazole rings is 1. The number of carbonyl (C=O) groups excluding carboxylic acids is 2. The highest BCUT2D eigenvalue weighted by Crippen LogP contribution is 2.41. The molecule has 2 aromatic heterocycles. The molecule has 0 bridgehead atoms. The number of aromatic nitrogens is 1. The van der Waals surface area contributed by atoms with Gasteiger partial charge in [0.1, 0.15) is 11.5 Å². The third-order valence-electron chi connectivity index (χ3n) is 5.17. The molecule has 1 aromatic carbocycles. The number of dihydropyridines is 1. The molecule has 0 unspecified atom stereocenters. The van der Waals surface area contributed by atoms with Crippen LogP contribution in [0.2, 0.25) is 0 Å². The van der Waals surface area contributed by atoms with Gasteiger partial charge in [0.05, 0.1) is 46.8 Å². The molecule has 3 N–H and O–H groups in total. The Morgan fingerprint density at radius 1 is 1.28 bits per heavy atom. The Morgan fingerprint density at radius 3 is 2.72 bits per heavy atom. The summed E-state index contributed by atoms with van der Waals surface area (Å²) in [6.07, 6.45) is 3.10. The highest BCUT2D eigenvalue weighted by atomic mass is 32.2. The fourth-order valence-corrected chi connectivity index (χ4v) is 5.08. The van der Waals surface area contributed by atoms with Gasteiger partial charge in [-0.1, -0.05) is 11.8 Å². The number of nitriles is 1. The first kappa shape index (κ1) is 25.1. The minimum absolute atomic E-state index is 0.0545. The standard InChI is InChI=1S/C25H23N5O4S2/c1-3-33-17-8-6-16(7-9-17)29-23(32)21-15(2)28-24(18(13-26)22(21)19-5-4-11-34-19)36-14-20(31)30-25-27-10-12-35-25/h4-12,22,28H,3,14H2,1-2H3,(H,29,32)(H,27,30,31)/t22-/m1/s1. The summed E-state index contributed by atoms with van der Waals surface area (Å²) in [7, 11) is 0. The lowest BCUT2D eigenvalue weighted by Crippen LogP contribution is -2.31. The summed E-state index contributed by atoms with van der Waals surface area (Å²) in [5.74, 6) is -0.151. The van der Waals surface area contributed by atoms with Gasteiger partial charge in [0, 0.05) is 23.0 Å². The summed E-state index contributed by atoms with van der Waals surface area (Å²) >= 11 is 2.50. The molecule has 184 valence electrons. The van der Waals surface area contributed by atoms with Crippen LogP contribution < -0.4 is 20.7 Å². The maximum absolute atomic E-state index is 13.4.